The average Bonchev–Trinajstić information content (AvgIpc) is 3.41. The number of hydrogen-bond donors (Lipinski definition) is 2. The Kier molecular flexibility index (Phi) is 6.97. The number of piperidine rings is 2. The molecule has 10 heteroatoms. The fraction of sp³-hybridized carbons (Fsp3) is 0.423. The van der Waals surface area contributed by atoms with Gasteiger partial charge >= 0.3 is 0 Å². The number of carbonyl (C=O) groups excluding carboxylic acids is 3. The van der Waals surface area contributed by atoms with Crippen LogP contribution in [0.2, 0.25) is 0 Å². The summed E-state index contributed by atoms with van der Waals surface area (Å²) in [6.45, 7) is 1.75. The number of pyridine rings is 1. The molecule has 2 N–H and O–H groups in total. The van der Waals surface area contributed by atoms with Crippen LogP contribution in [-0.2, 0) is 20.8 Å². The highest BCUT2D eigenvalue weighted by Crippen LogP contribution is 2.41. The third-order valence-electron chi connectivity index (χ3n) is 7.38. The van der Waals surface area contributed by atoms with Gasteiger partial charge in [-0.25, -0.2) is 4.98 Å². The Morgan fingerprint density at radius 2 is 1.94 bits per heavy atom. The molecule has 5 rings (SSSR count). The molecule has 36 heavy (non-hydrogen) atoms. The number of likely N-dealkylation sites (tertiary alicyclic amines) is 2. The van der Waals surface area contributed by atoms with Crippen LogP contribution in [0.25, 0.3) is 12.2 Å². The molecule has 2 fully saturated rings. The lowest BCUT2D eigenvalue weighted by molar-refractivity contribution is -0.140. The summed E-state index contributed by atoms with van der Waals surface area (Å²) in [5.74, 6) is 0.163. The van der Waals surface area contributed by atoms with E-state index in [-0.39, 0.29) is 17.7 Å². The third-order valence-corrected chi connectivity index (χ3v) is 7.96. The molecule has 0 saturated carbocycles. The number of aliphatic hydroxyl groups is 1. The first kappa shape index (κ1) is 24.3. The fourth-order valence-electron chi connectivity index (χ4n) is 5.18. The molecule has 0 unspecified atom stereocenters. The summed E-state index contributed by atoms with van der Waals surface area (Å²) in [6.07, 6.45) is 10.5. The summed E-state index contributed by atoms with van der Waals surface area (Å²) >= 11 is 1.44. The zero-order valence-corrected chi connectivity index (χ0v) is 20.8. The van der Waals surface area contributed by atoms with Crippen LogP contribution < -0.4 is 5.32 Å². The van der Waals surface area contributed by atoms with Gasteiger partial charge in [-0.3, -0.25) is 14.4 Å². The highest BCUT2D eigenvalue weighted by atomic mass is 32.1. The minimum atomic E-state index is -0.587. The molecular formula is C26H29N5O4S. The standard InChI is InChI=1S/C26H29N5O4S/c32-17-23(34)31-10-6-26(7-11-31)15-20-13-19(16-27-24(20)28-25(26)35)1-2-22(33)30-8-3-18(4-9-30)14-21-5-12-36-29-21/h1-2,5,12-14,16,32H,3-4,6-11,15,17H2,(H,27,28,35). The van der Waals surface area contributed by atoms with Gasteiger partial charge in [0.2, 0.25) is 17.7 Å². The number of fused-ring (bicyclic) bond motifs is 1. The molecule has 9 nitrogen and oxygen atoms in total. The van der Waals surface area contributed by atoms with Gasteiger partial charge in [0.25, 0.3) is 0 Å². The van der Waals surface area contributed by atoms with E-state index < -0.39 is 12.0 Å². The monoisotopic (exact) mass is 507 g/mol. The second-order valence-electron chi connectivity index (χ2n) is 9.61. The maximum atomic E-state index is 12.9. The van der Waals surface area contributed by atoms with Crippen molar-refractivity contribution in [2.75, 3.05) is 38.1 Å². The highest BCUT2D eigenvalue weighted by Gasteiger charge is 2.45. The molecule has 3 aliphatic rings. The van der Waals surface area contributed by atoms with E-state index in [4.69, 9.17) is 5.11 Å². The lowest BCUT2D eigenvalue weighted by Crippen LogP contribution is -2.51. The Bertz CT molecular complexity index is 1200. The van der Waals surface area contributed by atoms with Crippen LogP contribution in [0, 0.1) is 5.41 Å². The molecule has 0 aromatic carbocycles. The van der Waals surface area contributed by atoms with Crippen LogP contribution in [0.15, 0.2) is 35.4 Å². The van der Waals surface area contributed by atoms with E-state index in [1.807, 2.05) is 22.4 Å². The maximum absolute atomic E-state index is 12.9. The van der Waals surface area contributed by atoms with Gasteiger partial charge in [-0.05, 0) is 79.0 Å². The van der Waals surface area contributed by atoms with Crippen molar-refractivity contribution >= 4 is 47.2 Å². The largest absolute Gasteiger partial charge is 0.387 e. The summed E-state index contributed by atoms with van der Waals surface area (Å²) in [5, 5.41) is 14.0. The van der Waals surface area contributed by atoms with Crippen LogP contribution in [0.3, 0.4) is 0 Å². The van der Waals surface area contributed by atoms with Crippen molar-refractivity contribution in [3.63, 3.8) is 0 Å². The molecule has 1 spiro atoms. The van der Waals surface area contributed by atoms with Gasteiger partial charge in [0, 0.05) is 43.8 Å². The fourth-order valence-corrected chi connectivity index (χ4v) is 5.67. The maximum Gasteiger partial charge on any atom is 0.248 e. The predicted molar refractivity (Wildman–Crippen MR) is 137 cm³/mol. The van der Waals surface area contributed by atoms with Crippen molar-refractivity contribution in [2.24, 2.45) is 5.41 Å². The normalized spacial score (nSPS) is 19.4. The second-order valence-corrected chi connectivity index (χ2v) is 10.3. The molecule has 0 bridgehead atoms. The molecule has 0 atom stereocenters. The summed E-state index contributed by atoms with van der Waals surface area (Å²) in [4.78, 5) is 45.3. The van der Waals surface area contributed by atoms with E-state index >= 15 is 0 Å². The van der Waals surface area contributed by atoms with Gasteiger partial charge in [0.1, 0.15) is 12.4 Å². The molecule has 2 aromatic heterocycles. The van der Waals surface area contributed by atoms with Crippen LogP contribution in [-0.4, -0.2) is 74.8 Å². The van der Waals surface area contributed by atoms with Gasteiger partial charge in [0.05, 0.1) is 11.1 Å². The van der Waals surface area contributed by atoms with Gasteiger partial charge in [-0.1, -0.05) is 5.57 Å². The lowest BCUT2D eigenvalue weighted by Gasteiger charge is -2.42. The van der Waals surface area contributed by atoms with Gasteiger partial charge < -0.3 is 20.2 Å². The average molecular weight is 508 g/mol. The molecule has 0 aliphatic carbocycles. The number of anilines is 1. The van der Waals surface area contributed by atoms with Crippen LogP contribution in [0.1, 0.15) is 42.5 Å². The summed E-state index contributed by atoms with van der Waals surface area (Å²) < 4.78 is 4.32. The van der Waals surface area contributed by atoms with Gasteiger partial charge in [-0.15, -0.1) is 0 Å². The number of nitrogens with one attached hydrogen (secondary N) is 1. The first-order valence-electron chi connectivity index (χ1n) is 12.2. The molecule has 5 heterocycles. The van der Waals surface area contributed by atoms with E-state index in [1.54, 1.807) is 23.2 Å². The molecule has 3 amide bonds. The molecule has 2 saturated heterocycles. The van der Waals surface area contributed by atoms with E-state index in [0.29, 0.717) is 51.3 Å². The summed E-state index contributed by atoms with van der Waals surface area (Å²) in [6, 6.07) is 3.97. The number of aromatic nitrogens is 2. The number of nitrogens with zero attached hydrogens (tertiary/aromatic N) is 4. The van der Waals surface area contributed by atoms with E-state index in [0.717, 1.165) is 29.7 Å². The first-order chi connectivity index (χ1) is 17.5. The van der Waals surface area contributed by atoms with Crippen molar-refractivity contribution in [1.82, 2.24) is 19.2 Å². The van der Waals surface area contributed by atoms with E-state index in [1.165, 1.54) is 17.1 Å². The van der Waals surface area contributed by atoms with Crippen molar-refractivity contribution in [2.45, 2.75) is 32.1 Å². The Labute approximate surface area is 213 Å². The lowest BCUT2D eigenvalue weighted by atomic mass is 9.71. The zero-order valence-electron chi connectivity index (χ0n) is 20.0. The first-order valence-corrected chi connectivity index (χ1v) is 13.1. The number of carbonyl (C=O) groups is 3. The van der Waals surface area contributed by atoms with Crippen LogP contribution >= 0.6 is 11.5 Å². The highest BCUT2D eigenvalue weighted by molar-refractivity contribution is 7.03. The van der Waals surface area contributed by atoms with Crippen molar-refractivity contribution < 1.29 is 19.5 Å². The Morgan fingerprint density at radius 1 is 1.17 bits per heavy atom. The van der Waals surface area contributed by atoms with E-state index in [9.17, 15) is 14.4 Å². The molecule has 0 radical (unpaired) electrons. The van der Waals surface area contributed by atoms with Crippen LogP contribution in [0.4, 0.5) is 5.82 Å². The summed E-state index contributed by atoms with van der Waals surface area (Å²) in [5.41, 5.74) is 3.45. The molecule has 3 aliphatic heterocycles. The van der Waals surface area contributed by atoms with Gasteiger partial charge in [0.15, 0.2) is 0 Å². The summed E-state index contributed by atoms with van der Waals surface area (Å²) in [7, 11) is 0. The zero-order chi connectivity index (χ0) is 25.1. The number of rotatable bonds is 4. The minimum Gasteiger partial charge on any atom is -0.387 e. The van der Waals surface area contributed by atoms with E-state index in [2.05, 4.69) is 20.8 Å². The van der Waals surface area contributed by atoms with Crippen LogP contribution in [0.5, 0.6) is 0 Å². The topological polar surface area (TPSA) is 116 Å². The number of amides is 3. The molecule has 188 valence electrons. The van der Waals surface area contributed by atoms with Crippen molar-refractivity contribution in [1.29, 1.82) is 0 Å². The van der Waals surface area contributed by atoms with Crippen molar-refractivity contribution in [3.8, 4) is 0 Å². The number of hydrogen-bond acceptors (Lipinski definition) is 7. The minimum absolute atomic E-state index is 0.0221. The number of aliphatic hydroxyl groups excluding tert-OH is 1. The Balaban J connectivity index is 1.21. The quantitative estimate of drug-likeness (QED) is 0.614. The molecule has 2 aromatic rings. The molecular weight excluding hydrogens is 478 g/mol. The predicted octanol–water partition coefficient (Wildman–Crippen LogP) is 2.35. The second kappa shape index (κ2) is 10.3. The Morgan fingerprint density at radius 3 is 2.64 bits per heavy atom. The smallest absolute Gasteiger partial charge is 0.248 e. The van der Waals surface area contributed by atoms with Crippen molar-refractivity contribution in [3.05, 3.63) is 52.2 Å². The SMILES string of the molecule is O=C(C=Cc1cnc2c(c1)CC1(CCN(C(=O)CO)CC1)C(=O)N2)N1CCC(=Cc2ccsn2)CC1. The Hall–Kier alpha value is -3.37. The third kappa shape index (κ3) is 5.10. The van der Waals surface area contributed by atoms with Gasteiger partial charge in [-0.2, -0.15) is 4.37 Å².